The number of hydrogen-bond donors (Lipinski definition) is 3. The number of nitrogen functional groups attached to an aromatic ring is 1. The van der Waals surface area contributed by atoms with Crippen LogP contribution in [0.15, 0.2) is 0 Å². The van der Waals surface area contributed by atoms with Crippen molar-refractivity contribution in [3.63, 3.8) is 0 Å². The Bertz CT molecular complexity index is 451. The molecule has 0 aromatic carbocycles. The average molecular weight is 271 g/mol. The average Bonchev–Trinajstić information content (AvgIpc) is 2.25. The molecule has 0 aliphatic heterocycles. The molecule has 0 bridgehead atoms. The summed E-state index contributed by atoms with van der Waals surface area (Å²) >= 11 is 5.82. The predicted octanol–water partition coefficient (Wildman–Crippen LogP) is 1.10. The van der Waals surface area contributed by atoms with Crippen molar-refractivity contribution in [1.29, 1.82) is 0 Å². The Hall–Kier alpha value is -1.40. The van der Waals surface area contributed by atoms with E-state index < -0.39 is 0 Å². The fourth-order valence-electron chi connectivity index (χ4n) is 2.00. The van der Waals surface area contributed by atoms with Gasteiger partial charge in [-0.25, -0.2) is 4.98 Å². The van der Waals surface area contributed by atoms with Crippen molar-refractivity contribution >= 4 is 29.7 Å². The summed E-state index contributed by atoms with van der Waals surface area (Å²) < 4.78 is 0. The number of halogens is 1. The first-order valence-electron chi connectivity index (χ1n) is 5.81. The SMILES string of the molecule is Nc1nc(Cl)c(C=O)c(NC(CO)C2CCC2)n1. The van der Waals surface area contributed by atoms with Gasteiger partial charge in [0.25, 0.3) is 0 Å². The number of nitrogens with zero attached hydrogens (tertiary/aromatic N) is 2. The van der Waals surface area contributed by atoms with Crippen molar-refractivity contribution in [2.75, 3.05) is 17.7 Å². The van der Waals surface area contributed by atoms with Gasteiger partial charge in [0.15, 0.2) is 6.29 Å². The molecule has 1 unspecified atom stereocenters. The van der Waals surface area contributed by atoms with Gasteiger partial charge in [0.2, 0.25) is 5.95 Å². The first-order valence-corrected chi connectivity index (χ1v) is 6.19. The van der Waals surface area contributed by atoms with Crippen LogP contribution in [0.4, 0.5) is 11.8 Å². The van der Waals surface area contributed by atoms with Gasteiger partial charge in [-0.3, -0.25) is 4.79 Å². The number of aromatic nitrogens is 2. The molecule has 1 aromatic rings. The van der Waals surface area contributed by atoms with Crippen molar-refractivity contribution in [3.05, 3.63) is 10.7 Å². The molecular weight excluding hydrogens is 256 g/mol. The smallest absolute Gasteiger partial charge is 0.223 e. The van der Waals surface area contributed by atoms with E-state index in [0.717, 1.165) is 19.3 Å². The molecule has 1 atom stereocenters. The van der Waals surface area contributed by atoms with Crippen LogP contribution in [0.2, 0.25) is 5.15 Å². The Morgan fingerprint density at radius 3 is 2.78 bits per heavy atom. The van der Waals surface area contributed by atoms with Crippen molar-refractivity contribution in [2.45, 2.75) is 25.3 Å². The van der Waals surface area contributed by atoms with Crippen LogP contribution in [0.1, 0.15) is 29.6 Å². The number of hydrogen-bond acceptors (Lipinski definition) is 6. The molecule has 18 heavy (non-hydrogen) atoms. The summed E-state index contributed by atoms with van der Waals surface area (Å²) in [5, 5.41) is 12.4. The van der Waals surface area contributed by atoms with Gasteiger partial charge in [-0.05, 0) is 18.8 Å². The monoisotopic (exact) mass is 270 g/mol. The highest BCUT2D eigenvalue weighted by atomic mass is 35.5. The zero-order valence-corrected chi connectivity index (χ0v) is 10.5. The Balaban J connectivity index is 2.23. The molecule has 0 amide bonds. The second-order valence-corrected chi connectivity index (χ2v) is 4.74. The van der Waals surface area contributed by atoms with E-state index in [4.69, 9.17) is 17.3 Å². The number of nitrogens with one attached hydrogen (secondary N) is 1. The third-order valence-electron chi connectivity index (χ3n) is 3.27. The minimum Gasteiger partial charge on any atom is -0.394 e. The van der Waals surface area contributed by atoms with E-state index in [1.54, 1.807) is 0 Å². The van der Waals surface area contributed by atoms with Gasteiger partial charge >= 0.3 is 0 Å². The molecule has 4 N–H and O–H groups in total. The van der Waals surface area contributed by atoms with Crippen LogP contribution in [0.25, 0.3) is 0 Å². The van der Waals surface area contributed by atoms with Crippen LogP contribution in [-0.2, 0) is 0 Å². The Morgan fingerprint density at radius 1 is 1.56 bits per heavy atom. The number of rotatable bonds is 5. The van der Waals surface area contributed by atoms with Crippen LogP contribution in [0.3, 0.4) is 0 Å². The van der Waals surface area contributed by atoms with Gasteiger partial charge in [0, 0.05) is 0 Å². The Morgan fingerprint density at radius 2 is 2.28 bits per heavy atom. The second-order valence-electron chi connectivity index (χ2n) is 4.38. The van der Waals surface area contributed by atoms with Crippen LogP contribution in [0.5, 0.6) is 0 Å². The lowest BCUT2D eigenvalue weighted by Crippen LogP contribution is -2.37. The lowest BCUT2D eigenvalue weighted by atomic mass is 9.80. The van der Waals surface area contributed by atoms with Crippen molar-refractivity contribution in [1.82, 2.24) is 9.97 Å². The number of carbonyl (C=O) groups excluding carboxylic acids is 1. The predicted molar refractivity (Wildman–Crippen MR) is 68.7 cm³/mol. The standard InChI is InChI=1S/C11H15ClN4O2/c12-9-7(4-17)10(16-11(13)15-9)14-8(5-18)6-2-1-3-6/h4,6,8,18H,1-3,5H2,(H3,13,14,15,16). The molecular formula is C11H15ClN4O2. The Labute approximate surface area is 110 Å². The molecule has 1 aliphatic carbocycles. The highest BCUT2D eigenvalue weighted by Gasteiger charge is 2.28. The molecule has 1 heterocycles. The molecule has 98 valence electrons. The lowest BCUT2D eigenvalue weighted by molar-refractivity contribution is 0.112. The molecule has 6 nitrogen and oxygen atoms in total. The minimum absolute atomic E-state index is 0.00148. The van der Waals surface area contributed by atoms with E-state index in [9.17, 15) is 9.90 Å². The normalized spacial score (nSPS) is 17.0. The van der Waals surface area contributed by atoms with E-state index in [0.29, 0.717) is 12.2 Å². The molecule has 0 saturated heterocycles. The maximum absolute atomic E-state index is 11.0. The zero-order chi connectivity index (χ0) is 13.1. The highest BCUT2D eigenvalue weighted by molar-refractivity contribution is 6.32. The summed E-state index contributed by atoms with van der Waals surface area (Å²) in [5.74, 6) is 0.677. The summed E-state index contributed by atoms with van der Waals surface area (Å²) in [7, 11) is 0. The number of aldehydes is 1. The third-order valence-corrected chi connectivity index (χ3v) is 3.56. The molecule has 2 rings (SSSR count). The van der Waals surface area contributed by atoms with Gasteiger partial charge < -0.3 is 16.2 Å². The first-order chi connectivity index (χ1) is 8.65. The fraction of sp³-hybridized carbons (Fsp3) is 0.545. The number of anilines is 2. The first kappa shape index (κ1) is 13.0. The fourth-order valence-corrected chi connectivity index (χ4v) is 2.22. The molecule has 0 spiro atoms. The maximum atomic E-state index is 11.0. The van der Waals surface area contributed by atoms with E-state index in [1.807, 2.05) is 0 Å². The topological polar surface area (TPSA) is 101 Å². The minimum atomic E-state index is -0.136. The number of aliphatic hydroxyl groups excluding tert-OH is 1. The summed E-state index contributed by atoms with van der Waals surface area (Å²) in [6, 6.07) is -0.136. The second kappa shape index (κ2) is 5.49. The third kappa shape index (κ3) is 2.54. The van der Waals surface area contributed by atoms with Gasteiger partial charge in [0.05, 0.1) is 18.2 Å². The van der Waals surface area contributed by atoms with E-state index in [1.165, 1.54) is 0 Å². The largest absolute Gasteiger partial charge is 0.394 e. The maximum Gasteiger partial charge on any atom is 0.223 e. The van der Waals surface area contributed by atoms with Gasteiger partial charge in [-0.15, -0.1) is 0 Å². The van der Waals surface area contributed by atoms with Crippen LogP contribution >= 0.6 is 11.6 Å². The molecule has 1 aliphatic rings. The van der Waals surface area contributed by atoms with Crippen molar-refractivity contribution in [2.24, 2.45) is 5.92 Å². The van der Waals surface area contributed by atoms with Gasteiger partial charge in [-0.2, -0.15) is 4.98 Å². The molecule has 0 radical (unpaired) electrons. The van der Waals surface area contributed by atoms with E-state index in [2.05, 4.69) is 15.3 Å². The summed E-state index contributed by atoms with van der Waals surface area (Å²) in [4.78, 5) is 18.7. The molecule has 1 aromatic heterocycles. The van der Waals surface area contributed by atoms with Crippen LogP contribution in [0, 0.1) is 5.92 Å². The quantitative estimate of drug-likeness (QED) is 0.547. The summed E-state index contributed by atoms with van der Waals surface area (Å²) in [6.45, 7) is -0.0233. The summed E-state index contributed by atoms with van der Waals surface area (Å²) in [5.41, 5.74) is 5.67. The molecule has 1 saturated carbocycles. The summed E-state index contributed by atoms with van der Waals surface area (Å²) in [6.07, 6.45) is 3.86. The number of carbonyl (C=O) groups is 1. The van der Waals surface area contributed by atoms with Gasteiger partial charge in [-0.1, -0.05) is 18.0 Å². The zero-order valence-electron chi connectivity index (χ0n) is 9.77. The van der Waals surface area contributed by atoms with Crippen LogP contribution < -0.4 is 11.1 Å². The van der Waals surface area contributed by atoms with E-state index >= 15 is 0 Å². The van der Waals surface area contributed by atoms with Crippen molar-refractivity contribution in [3.8, 4) is 0 Å². The van der Waals surface area contributed by atoms with Crippen molar-refractivity contribution < 1.29 is 9.90 Å². The number of aliphatic hydroxyl groups is 1. The lowest BCUT2D eigenvalue weighted by Gasteiger charge is -2.33. The van der Waals surface area contributed by atoms with Gasteiger partial charge in [0.1, 0.15) is 11.0 Å². The highest BCUT2D eigenvalue weighted by Crippen LogP contribution is 2.31. The Kier molecular flexibility index (Phi) is 3.98. The number of nitrogens with two attached hydrogens (primary N) is 1. The van der Waals surface area contributed by atoms with Crippen LogP contribution in [-0.4, -0.2) is 34.0 Å². The van der Waals surface area contributed by atoms with E-state index in [-0.39, 0.29) is 35.1 Å². The molecule has 7 heteroatoms. The molecule has 1 fully saturated rings.